The van der Waals surface area contributed by atoms with E-state index in [2.05, 4.69) is 11.2 Å². The van der Waals surface area contributed by atoms with E-state index in [9.17, 15) is 4.79 Å². The molecule has 4 heteroatoms. The molecule has 2 rings (SSSR count). The molecule has 0 saturated carbocycles. The van der Waals surface area contributed by atoms with E-state index in [4.69, 9.17) is 5.73 Å². The number of carbonyl (C=O) groups excluding carboxylic acids is 1. The fourth-order valence-electron chi connectivity index (χ4n) is 2.05. The Hall–Kier alpha value is -1.94. The summed E-state index contributed by atoms with van der Waals surface area (Å²) in [4.78, 5) is 10.8. The number of rotatable bonds is 4. The van der Waals surface area contributed by atoms with Gasteiger partial charge in [0, 0.05) is 17.6 Å². The van der Waals surface area contributed by atoms with Crippen molar-refractivity contribution in [1.29, 1.82) is 0 Å². The van der Waals surface area contributed by atoms with Gasteiger partial charge in [0.15, 0.2) is 6.29 Å². The highest BCUT2D eigenvalue weighted by Gasteiger charge is 2.16. The second-order valence-electron chi connectivity index (χ2n) is 5.19. The minimum absolute atomic E-state index is 0.388. The molecule has 0 aliphatic carbocycles. The average molecular weight is 257 g/mol. The van der Waals surface area contributed by atoms with Crippen LogP contribution in [0.15, 0.2) is 30.3 Å². The van der Waals surface area contributed by atoms with Crippen LogP contribution in [0.25, 0.3) is 11.3 Å². The number of hydrogen-bond acceptors (Lipinski definition) is 3. The zero-order valence-corrected chi connectivity index (χ0v) is 11.6. The van der Waals surface area contributed by atoms with Crippen LogP contribution in [0.3, 0.4) is 0 Å². The van der Waals surface area contributed by atoms with Crippen molar-refractivity contribution in [2.45, 2.75) is 32.9 Å². The van der Waals surface area contributed by atoms with Gasteiger partial charge in [-0.1, -0.05) is 18.2 Å². The molecule has 0 spiro atoms. The standard InChI is InChI=1S/C15H19N3O/c1-4-18-14(9-13(10-19)17-18)11-6-5-7-12(8-11)15(2,3)16/h5-10H,4,16H2,1-3H3. The molecule has 0 fully saturated rings. The van der Waals surface area contributed by atoms with Gasteiger partial charge in [0.2, 0.25) is 0 Å². The van der Waals surface area contributed by atoms with Crippen LogP contribution < -0.4 is 5.73 Å². The summed E-state index contributed by atoms with van der Waals surface area (Å²) in [5.74, 6) is 0. The molecule has 4 nitrogen and oxygen atoms in total. The van der Waals surface area contributed by atoms with Crippen LogP contribution in [0.1, 0.15) is 36.8 Å². The van der Waals surface area contributed by atoms with E-state index >= 15 is 0 Å². The summed E-state index contributed by atoms with van der Waals surface area (Å²) in [6, 6.07) is 9.85. The van der Waals surface area contributed by atoms with E-state index in [1.54, 1.807) is 6.07 Å². The third-order valence-corrected chi connectivity index (χ3v) is 3.12. The monoisotopic (exact) mass is 257 g/mol. The Morgan fingerprint density at radius 3 is 2.68 bits per heavy atom. The van der Waals surface area contributed by atoms with Gasteiger partial charge < -0.3 is 5.73 Å². The van der Waals surface area contributed by atoms with Gasteiger partial charge in [-0.2, -0.15) is 5.10 Å². The smallest absolute Gasteiger partial charge is 0.170 e. The first-order chi connectivity index (χ1) is 8.95. The SMILES string of the molecule is CCn1nc(C=O)cc1-c1cccc(C(C)(C)N)c1. The number of aldehydes is 1. The summed E-state index contributed by atoms with van der Waals surface area (Å²) in [6.07, 6.45) is 0.770. The van der Waals surface area contributed by atoms with Crippen LogP contribution in [0.5, 0.6) is 0 Å². The molecule has 0 saturated heterocycles. The van der Waals surface area contributed by atoms with Crippen molar-refractivity contribution in [2.24, 2.45) is 5.73 Å². The molecule has 1 aromatic carbocycles. The van der Waals surface area contributed by atoms with Crippen LogP contribution in [0.2, 0.25) is 0 Å². The zero-order valence-electron chi connectivity index (χ0n) is 11.6. The maximum Gasteiger partial charge on any atom is 0.170 e. The maximum absolute atomic E-state index is 10.8. The summed E-state index contributed by atoms with van der Waals surface area (Å²) in [5, 5.41) is 4.23. The highest BCUT2D eigenvalue weighted by molar-refractivity contribution is 5.75. The Morgan fingerprint density at radius 2 is 2.11 bits per heavy atom. The van der Waals surface area contributed by atoms with Crippen molar-refractivity contribution in [3.05, 3.63) is 41.6 Å². The maximum atomic E-state index is 10.8. The summed E-state index contributed by atoms with van der Waals surface area (Å²) in [6.45, 7) is 6.67. The minimum Gasteiger partial charge on any atom is -0.322 e. The molecule has 0 bridgehead atoms. The largest absolute Gasteiger partial charge is 0.322 e. The molecular weight excluding hydrogens is 238 g/mol. The topological polar surface area (TPSA) is 60.9 Å². The van der Waals surface area contributed by atoms with Crippen molar-refractivity contribution in [1.82, 2.24) is 9.78 Å². The molecule has 0 radical (unpaired) electrons. The van der Waals surface area contributed by atoms with E-state index < -0.39 is 0 Å². The molecule has 1 aromatic heterocycles. The molecule has 0 atom stereocenters. The highest BCUT2D eigenvalue weighted by Crippen LogP contribution is 2.25. The van der Waals surface area contributed by atoms with Crippen molar-refractivity contribution in [2.75, 3.05) is 0 Å². The van der Waals surface area contributed by atoms with Gasteiger partial charge in [-0.25, -0.2) is 0 Å². The third-order valence-electron chi connectivity index (χ3n) is 3.12. The number of nitrogens with two attached hydrogens (primary N) is 1. The van der Waals surface area contributed by atoms with Crippen molar-refractivity contribution < 1.29 is 4.79 Å². The zero-order chi connectivity index (χ0) is 14.0. The van der Waals surface area contributed by atoms with Crippen LogP contribution >= 0.6 is 0 Å². The number of aromatic nitrogens is 2. The van der Waals surface area contributed by atoms with Crippen LogP contribution in [0, 0.1) is 0 Å². The van der Waals surface area contributed by atoms with Gasteiger partial charge in [0.25, 0.3) is 0 Å². The van der Waals surface area contributed by atoms with Gasteiger partial charge in [0.05, 0.1) is 5.69 Å². The van der Waals surface area contributed by atoms with Crippen molar-refractivity contribution in [3.8, 4) is 11.3 Å². The van der Waals surface area contributed by atoms with Gasteiger partial charge in [-0.05, 0) is 38.5 Å². The Kier molecular flexibility index (Phi) is 3.53. The Labute approximate surface area is 113 Å². The molecule has 100 valence electrons. The first kappa shape index (κ1) is 13.5. The molecule has 0 amide bonds. The lowest BCUT2D eigenvalue weighted by molar-refractivity contribution is 0.111. The Morgan fingerprint density at radius 1 is 1.37 bits per heavy atom. The predicted octanol–water partition coefficient (Wildman–Crippen LogP) is 2.58. The molecule has 1 heterocycles. The van der Waals surface area contributed by atoms with Gasteiger partial charge >= 0.3 is 0 Å². The average Bonchev–Trinajstić information content (AvgIpc) is 2.81. The van der Waals surface area contributed by atoms with E-state index in [1.807, 2.05) is 43.7 Å². The van der Waals surface area contributed by atoms with Crippen LogP contribution in [0.4, 0.5) is 0 Å². The molecule has 19 heavy (non-hydrogen) atoms. The predicted molar refractivity (Wildman–Crippen MR) is 75.9 cm³/mol. The Balaban J connectivity index is 2.53. The first-order valence-electron chi connectivity index (χ1n) is 6.38. The highest BCUT2D eigenvalue weighted by atomic mass is 16.1. The van der Waals surface area contributed by atoms with E-state index in [-0.39, 0.29) is 5.54 Å². The van der Waals surface area contributed by atoms with Gasteiger partial charge in [-0.3, -0.25) is 9.48 Å². The summed E-state index contributed by atoms with van der Waals surface area (Å²) in [5.41, 5.74) is 9.22. The number of hydrogen-bond donors (Lipinski definition) is 1. The molecule has 2 N–H and O–H groups in total. The fraction of sp³-hybridized carbons (Fsp3) is 0.333. The number of aryl methyl sites for hydroxylation is 1. The second kappa shape index (κ2) is 4.97. The number of benzene rings is 1. The molecular formula is C15H19N3O. The molecule has 0 aliphatic rings. The summed E-state index contributed by atoms with van der Waals surface area (Å²) in [7, 11) is 0. The van der Waals surface area contributed by atoms with Crippen molar-refractivity contribution >= 4 is 6.29 Å². The molecule has 2 aromatic rings. The van der Waals surface area contributed by atoms with Gasteiger partial charge in [0.1, 0.15) is 5.69 Å². The number of carbonyl (C=O) groups is 1. The normalized spacial score (nSPS) is 11.6. The summed E-state index contributed by atoms with van der Waals surface area (Å²) < 4.78 is 1.83. The Bertz CT molecular complexity index is 594. The van der Waals surface area contributed by atoms with Crippen molar-refractivity contribution in [3.63, 3.8) is 0 Å². The number of nitrogens with zero attached hydrogens (tertiary/aromatic N) is 2. The van der Waals surface area contributed by atoms with Crippen LogP contribution in [-0.2, 0) is 12.1 Å². The van der Waals surface area contributed by atoms with E-state index in [0.29, 0.717) is 5.69 Å². The lowest BCUT2D eigenvalue weighted by Gasteiger charge is -2.20. The van der Waals surface area contributed by atoms with Crippen LogP contribution in [-0.4, -0.2) is 16.1 Å². The quantitative estimate of drug-likeness (QED) is 0.856. The molecule has 0 unspecified atom stereocenters. The van der Waals surface area contributed by atoms with E-state index in [1.165, 1.54) is 0 Å². The van der Waals surface area contributed by atoms with Gasteiger partial charge in [-0.15, -0.1) is 0 Å². The molecule has 0 aliphatic heterocycles. The second-order valence-corrected chi connectivity index (χ2v) is 5.19. The van der Waals surface area contributed by atoms with E-state index in [0.717, 1.165) is 29.7 Å². The fourth-order valence-corrected chi connectivity index (χ4v) is 2.05. The third kappa shape index (κ3) is 2.74. The first-order valence-corrected chi connectivity index (χ1v) is 6.38. The lowest BCUT2D eigenvalue weighted by Crippen LogP contribution is -2.28. The minimum atomic E-state index is -0.388. The summed E-state index contributed by atoms with van der Waals surface area (Å²) >= 11 is 0. The lowest BCUT2D eigenvalue weighted by atomic mass is 9.93.